The zero-order chi connectivity index (χ0) is 14.1. The third-order valence-corrected chi connectivity index (χ3v) is 4.54. The van der Waals surface area contributed by atoms with Crippen LogP contribution in [0.3, 0.4) is 0 Å². The molecule has 100 valence electrons. The van der Waals surface area contributed by atoms with E-state index in [0.717, 1.165) is 19.4 Å². The molecule has 3 aromatic rings. The van der Waals surface area contributed by atoms with E-state index in [1.807, 2.05) is 43.3 Å². The molecule has 0 bridgehead atoms. The summed E-state index contributed by atoms with van der Waals surface area (Å²) in [7, 11) is 0. The fourth-order valence-electron chi connectivity index (χ4n) is 1.94. The van der Waals surface area contributed by atoms with Crippen LogP contribution in [0.4, 0.5) is 5.13 Å². The topological polar surface area (TPSA) is 42.0 Å². The van der Waals surface area contributed by atoms with Crippen LogP contribution in [0.15, 0.2) is 42.5 Å². The number of carbonyl (C=O) groups is 1. The predicted octanol–water partition coefficient (Wildman–Crippen LogP) is 4.46. The normalized spacial score (nSPS) is 10.7. The van der Waals surface area contributed by atoms with Gasteiger partial charge < -0.3 is 0 Å². The smallest absolute Gasteiger partial charge is 0.257 e. The number of amides is 1. The highest BCUT2D eigenvalue weighted by Crippen LogP contribution is 2.28. The molecular formula is C15H11IN2OS. The van der Waals surface area contributed by atoms with Gasteiger partial charge in [0.2, 0.25) is 0 Å². The quantitative estimate of drug-likeness (QED) is 0.652. The molecule has 0 aliphatic carbocycles. The van der Waals surface area contributed by atoms with Crippen LogP contribution in [-0.2, 0) is 0 Å². The summed E-state index contributed by atoms with van der Waals surface area (Å²) < 4.78 is 2.12. The van der Waals surface area contributed by atoms with E-state index in [-0.39, 0.29) is 5.91 Å². The molecule has 2 aromatic carbocycles. The van der Waals surface area contributed by atoms with Crippen LogP contribution in [0.1, 0.15) is 15.9 Å². The van der Waals surface area contributed by atoms with Crippen LogP contribution < -0.4 is 5.32 Å². The van der Waals surface area contributed by atoms with Crippen LogP contribution in [0.5, 0.6) is 0 Å². The van der Waals surface area contributed by atoms with Crippen LogP contribution in [-0.4, -0.2) is 10.9 Å². The zero-order valence-electron chi connectivity index (χ0n) is 10.7. The molecule has 0 saturated heterocycles. The number of fused-ring (bicyclic) bond motifs is 1. The molecule has 1 aromatic heterocycles. The number of thiazole rings is 1. The Morgan fingerprint density at radius 3 is 2.80 bits per heavy atom. The average molecular weight is 394 g/mol. The molecule has 0 radical (unpaired) electrons. The fourth-order valence-corrected chi connectivity index (χ4v) is 3.42. The molecule has 5 heteroatoms. The van der Waals surface area contributed by atoms with Crippen molar-refractivity contribution >= 4 is 55.2 Å². The molecule has 0 saturated carbocycles. The maximum absolute atomic E-state index is 12.2. The van der Waals surface area contributed by atoms with Crippen molar-refractivity contribution in [3.8, 4) is 0 Å². The third kappa shape index (κ3) is 2.69. The van der Waals surface area contributed by atoms with E-state index in [9.17, 15) is 4.79 Å². The summed E-state index contributed by atoms with van der Waals surface area (Å²) in [5, 5.41) is 3.50. The maximum Gasteiger partial charge on any atom is 0.257 e. The fraction of sp³-hybridized carbons (Fsp3) is 0.0667. The first-order valence-electron chi connectivity index (χ1n) is 6.06. The first kappa shape index (κ1) is 13.5. The van der Waals surface area contributed by atoms with Crippen LogP contribution in [0.25, 0.3) is 10.2 Å². The summed E-state index contributed by atoms with van der Waals surface area (Å²) in [5.41, 5.74) is 2.72. The number of para-hydroxylation sites is 1. The molecule has 3 rings (SSSR count). The zero-order valence-corrected chi connectivity index (χ0v) is 13.7. The molecular weight excluding hydrogens is 383 g/mol. The maximum atomic E-state index is 12.2. The van der Waals surface area contributed by atoms with Gasteiger partial charge in [-0.2, -0.15) is 0 Å². The van der Waals surface area contributed by atoms with E-state index in [2.05, 4.69) is 32.9 Å². The number of aryl methyl sites for hydroxylation is 1. The van der Waals surface area contributed by atoms with Gasteiger partial charge in [0.25, 0.3) is 5.91 Å². The molecule has 0 aliphatic rings. The lowest BCUT2D eigenvalue weighted by atomic mass is 10.2. The molecule has 1 N–H and O–H groups in total. The Bertz CT molecular complexity index is 797. The van der Waals surface area contributed by atoms with Gasteiger partial charge in [-0.3, -0.25) is 10.1 Å². The Morgan fingerprint density at radius 1 is 1.25 bits per heavy atom. The second-order valence-corrected chi connectivity index (χ2v) is 6.68. The first-order valence-corrected chi connectivity index (χ1v) is 7.96. The van der Waals surface area contributed by atoms with E-state index < -0.39 is 0 Å². The highest BCUT2D eigenvalue weighted by Gasteiger charge is 2.10. The number of carbonyl (C=O) groups excluding carboxylic acids is 1. The standard InChI is InChI=1S/C15H11IN2OS/c1-9-4-2-7-12-13(9)17-15(20-12)18-14(19)10-5-3-6-11(16)8-10/h2-8H,1H3,(H,17,18,19). The number of benzene rings is 2. The summed E-state index contributed by atoms with van der Waals surface area (Å²) in [4.78, 5) is 16.7. The number of anilines is 1. The van der Waals surface area contributed by atoms with Crippen molar-refractivity contribution in [2.24, 2.45) is 0 Å². The highest BCUT2D eigenvalue weighted by molar-refractivity contribution is 14.1. The van der Waals surface area contributed by atoms with Gasteiger partial charge >= 0.3 is 0 Å². The minimum Gasteiger partial charge on any atom is -0.298 e. The average Bonchev–Trinajstić information content (AvgIpc) is 2.83. The van der Waals surface area contributed by atoms with Gasteiger partial charge in [0.15, 0.2) is 5.13 Å². The van der Waals surface area contributed by atoms with Crippen molar-refractivity contribution in [3.63, 3.8) is 0 Å². The SMILES string of the molecule is Cc1cccc2sc(NC(=O)c3cccc(I)c3)nc12. The Morgan fingerprint density at radius 2 is 2.05 bits per heavy atom. The number of nitrogens with zero attached hydrogens (tertiary/aromatic N) is 1. The van der Waals surface area contributed by atoms with E-state index >= 15 is 0 Å². The molecule has 0 unspecified atom stereocenters. The first-order chi connectivity index (χ1) is 9.63. The number of rotatable bonds is 2. The lowest BCUT2D eigenvalue weighted by Crippen LogP contribution is -2.11. The predicted molar refractivity (Wildman–Crippen MR) is 91.5 cm³/mol. The molecule has 0 aliphatic heterocycles. The van der Waals surface area contributed by atoms with Gasteiger partial charge in [0, 0.05) is 9.13 Å². The number of nitrogens with one attached hydrogen (secondary N) is 1. The van der Waals surface area contributed by atoms with Gasteiger partial charge in [-0.25, -0.2) is 4.98 Å². The second kappa shape index (κ2) is 5.49. The Labute approximate surface area is 134 Å². The highest BCUT2D eigenvalue weighted by atomic mass is 127. The summed E-state index contributed by atoms with van der Waals surface area (Å²) in [6, 6.07) is 13.5. The van der Waals surface area contributed by atoms with Crippen molar-refractivity contribution in [1.82, 2.24) is 4.98 Å². The van der Waals surface area contributed by atoms with Crippen molar-refractivity contribution in [1.29, 1.82) is 0 Å². The molecule has 0 atom stereocenters. The number of hydrogen-bond acceptors (Lipinski definition) is 3. The van der Waals surface area contributed by atoms with Gasteiger partial charge in [-0.05, 0) is 59.3 Å². The molecule has 3 nitrogen and oxygen atoms in total. The summed E-state index contributed by atoms with van der Waals surface area (Å²) in [5.74, 6) is -0.125. The van der Waals surface area contributed by atoms with Crippen LogP contribution in [0, 0.1) is 10.5 Å². The minimum atomic E-state index is -0.125. The van der Waals surface area contributed by atoms with Gasteiger partial charge in [0.1, 0.15) is 0 Å². The van der Waals surface area contributed by atoms with Gasteiger partial charge in [-0.15, -0.1) is 0 Å². The van der Waals surface area contributed by atoms with Gasteiger partial charge in [0.05, 0.1) is 10.2 Å². The van der Waals surface area contributed by atoms with Crippen LogP contribution >= 0.6 is 33.9 Å². The van der Waals surface area contributed by atoms with Crippen molar-refractivity contribution in [3.05, 3.63) is 57.2 Å². The Kier molecular flexibility index (Phi) is 3.71. The van der Waals surface area contributed by atoms with E-state index in [0.29, 0.717) is 10.7 Å². The number of hydrogen-bond donors (Lipinski definition) is 1. The lowest BCUT2D eigenvalue weighted by Gasteiger charge is -2.01. The molecule has 1 amide bonds. The molecule has 0 fully saturated rings. The van der Waals surface area contributed by atoms with E-state index in [1.165, 1.54) is 11.3 Å². The van der Waals surface area contributed by atoms with Gasteiger partial charge in [-0.1, -0.05) is 29.5 Å². The third-order valence-electron chi connectivity index (χ3n) is 2.93. The van der Waals surface area contributed by atoms with Crippen LogP contribution in [0.2, 0.25) is 0 Å². The second-order valence-electron chi connectivity index (χ2n) is 4.41. The molecule has 0 spiro atoms. The Hall–Kier alpha value is -1.47. The van der Waals surface area contributed by atoms with Crippen molar-refractivity contribution in [2.75, 3.05) is 5.32 Å². The monoisotopic (exact) mass is 394 g/mol. The molecule has 20 heavy (non-hydrogen) atoms. The Balaban J connectivity index is 1.89. The van der Waals surface area contributed by atoms with Crippen molar-refractivity contribution in [2.45, 2.75) is 6.92 Å². The summed E-state index contributed by atoms with van der Waals surface area (Å²) in [6.45, 7) is 2.02. The summed E-state index contributed by atoms with van der Waals surface area (Å²) in [6.07, 6.45) is 0. The van der Waals surface area contributed by atoms with E-state index in [1.54, 1.807) is 6.07 Å². The van der Waals surface area contributed by atoms with Crippen molar-refractivity contribution < 1.29 is 4.79 Å². The summed E-state index contributed by atoms with van der Waals surface area (Å²) >= 11 is 3.69. The number of aromatic nitrogens is 1. The molecule has 1 heterocycles. The minimum absolute atomic E-state index is 0.125. The lowest BCUT2D eigenvalue weighted by molar-refractivity contribution is 0.102. The van der Waals surface area contributed by atoms with E-state index in [4.69, 9.17) is 0 Å². The number of halogens is 1. The largest absolute Gasteiger partial charge is 0.298 e.